The number of benzene rings is 2. The van der Waals surface area contributed by atoms with Gasteiger partial charge in [-0.25, -0.2) is 0 Å². The van der Waals surface area contributed by atoms with Gasteiger partial charge in [0.15, 0.2) is 0 Å². The topological polar surface area (TPSA) is 29.3 Å². The van der Waals surface area contributed by atoms with Crippen LogP contribution >= 0.6 is 0 Å². The first-order chi connectivity index (χ1) is 10.2. The van der Waals surface area contributed by atoms with E-state index in [2.05, 4.69) is 61.2 Å². The van der Waals surface area contributed by atoms with Crippen molar-refractivity contribution in [1.82, 2.24) is 4.90 Å². The molecular weight excluding hydrogens is 256 g/mol. The van der Waals surface area contributed by atoms with Crippen LogP contribution < -0.4 is 5.73 Å². The van der Waals surface area contributed by atoms with Crippen LogP contribution in [0.2, 0.25) is 0 Å². The Morgan fingerprint density at radius 2 is 1.95 bits per heavy atom. The van der Waals surface area contributed by atoms with Crippen molar-refractivity contribution in [3.8, 4) is 0 Å². The Hall–Kier alpha value is -1.38. The second-order valence-electron chi connectivity index (χ2n) is 6.40. The van der Waals surface area contributed by atoms with Gasteiger partial charge in [-0.2, -0.15) is 0 Å². The van der Waals surface area contributed by atoms with Gasteiger partial charge in [-0.1, -0.05) is 49.4 Å². The largest absolute Gasteiger partial charge is 0.329 e. The van der Waals surface area contributed by atoms with Crippen LogP contribution in [0.5, 0.6) is 0 Å². The summed E-state index contributed by atoms with van der Waals surface area (Å²) in [5.74, 6) is 0.696. The van der Waals surface area contributed by atoms with Gasteiger partial charge in [0.25, 0.3) is 0 Å². The van der Waals surface area contributed by atoms with Crippen LogP contribution in [-0.4, -0.2) is 24.0 Å². The summed E-state index contributed by atoms with van der Waals surface area (Å²) in [5, 5.41) is 2.71. The lowest BCUT2D eigenvalue weighted by molar-refractivity contribution is 0.0695. The van der Waals surface area contributed by atoms with Crippen LogP contribution in [-0.2, 0) is 0 Å². The van der Waals surface area contributed by atoms with Gasteiger partial charge in [0, 0.05) is 18.6 Å². The molecule has 0 spiro atoms. The number of nitrogens with zero attached hydrogens (tertiary/aromatic N) is 1. The Balaban J connectivity index is 1.98. The highest BCUT2D eigenvalue weighted by molar-refractivity contribution is 5.86. The summed E-state index contributed by atoms with van der Waals surface area (Å²) in [6.07, 6.45) is 2.59. The quantitative estimate of drug-likeness (QED) is 0.923. The van der Waals surface area contributed by atoms with E-state index >= 15 is 0 Å². The van der Waals surface area contributed by atoms with E-state index in [0.29, 0.717) is 18.0 Å². The molecule has 0 radical (unpaired) electrons. The van der Waals surface area contributed by atoms with E-state index < -0.39 is 0 Å². The highest BCUT2D eigenvalue weighted by atomic mass is 15.2. The maximum Gasteiger partial charge on any atom is 0.0329 e. The van der Waals surface area contributed by atoms with Crippen molar-refractivity contribution in [3.63, 3.8) is 0 Å². The predicted octanol–water partition coefficient (Wildman–Crippen LogP) is 3.96. The van der Waals surface area contributed by atoms with E-state index in [9.17, 15) is 0 Å². The van der Waals surface area contributed by atoms with Gasteiger partial charge >= 0.3 is 0 Å². The van der Waals surface area contributed by atoms with Crippen LogP contribution in [0.15, 0.2) is 42.5 Å². The first-order valence-electron chi connectivity index (χ1n) is 8.16. The highest BCUT2D eigenvalue weighted by Gasteiger charge is 2.31. The number of likely N-dealkylation sites (tertiary alicyclic amines) is 1. The van der Waals surface area contributed by atoms with Crippen molar-refractivity contribution in [2.45, 2.75) is 38.8 Å². The molecule has 0 amide bonds. The van der Waals surface area contributed by atoms with Gasteiger partial charge in [0.05, 0.1) is 0 Å². The van der Waals surface area contributed by atoms with E-state index in [1.807, 2.05) is 0 Å². The molecule has 1 heterocycles. The molecule has 0 saturated carbocycles. The van der Waals surface area contributed by atoms with E-state index in [1.165, 1.54) is 29.2 Å². The number of hydrogen-bond acceptors (Lipinski definition) is 2. The number of fused-ring (bicyclic) bond motifs is 1. The van der Waals surface area contributed by atoms with Crippen molar-refractivity contribution in [2.75, 3.05) is 13.1 Å². The molecule has 3 unspecified atom stereocenters. The summed E-state index contributed by atoms with van der Waals surface area (Å²) in [5.41, 5.74) is 7.50. The standard InChI is InChI=1S/C19H26N2/c1-14-7-6-12-21(19(14)13-20)15(2)17-11-5-9-16-8-3-4-10-18(16)17/h3-5,8-11,14-15,19H,6-7,12-13,20H2,1-2H3. The summed E-state index contributed by atoms with van der Waals surface area (Å²) in [6.45, 7) is 6.61. The Kier molecular flexibility index (Phi) is 4.27. The second-order valence-corrected chi connectivity index (χ2v) is 6.40. The average molecular weight is 282 g/mol. The third-order valence-corrected chi connectivity index (χ3v) is 5.17. The summed E-state index contributed by atoms with van der Waals surface area (Å²) in [7, 11) is 0. The minimum Gasteiger partial charge on any atom is -0.329 e. The van der Waals surface area contributed by atoms with Crippen LogP contribution in [0.1, 0.15) is 38.3 Å². The summed E-state index contributed by atoms with van der Waals surface area (Å²) >= 11 is 0. The fraction of sp³-hybridized carbons (Fsp3) is 0.474. The fourth-order valence-corrected chi connectivity index (χ4v) is 3.92. The summed E-state index contributed by atoms with van der Waals surface area (Å²) in [4.78, 5) is 2.62. The molecule has 3 rings (SSSR count). The van der Waals surface area contributed by atoms with Crippen LogP contribution in [0, 0.1) is 5.92 Å². The first kappa shape index (κ1) is 14.6. The van der Waals surface area contributed by atoms with Crippen LogP contribution in [0.4, 0.5) is 0 Å². The predicted molar refractivity (Wildman–Crippen MR) is 90.3 cm³/mol. The minimum absolute atomic E-state index is 0.424. The van der Waals surface area contributed by atoms with Crippen LogP contribution in [0.3, 0.4) is 0 Å². The fourth-order valence-electron chi connectivity index (χ4n) is 3.92. The molecule has 1 fully saturated rings. The Morgan fingerprint density at radius 1 is 1.19 bits per heavy atom. The zero-order valence-electron chi connectivity index (χ0n) is 13.1. The van der Waals surface area contributed by atoms with Gasteiger partial charge in [-0.15, -0.1) is 0 Å². The van der Waals surface area contributed by atoms with Gasteiger partial charge in [0.1, 0.15) is 0 Å². The Bertz CT molecular complexity index is 602. The van der Waals surface area contributed by atoms with E-state index in [-0.39, 0.29) is 0 Å². The number of piperidine rings is 1. The molecule has 112 valence electrons. The molecule has 2 aromatic carbocycles. The number of nitrogens with two attached hydrogens (primary N) is 1. The van der Waals surface area contributed by atoms with Gasteiger partial charge in [-0.05, 0) is 48.6 Å². The normalized spacial score (nSPS) is 25.1. The molecule has 2 heteroatoms. The Morgan fingerprint density at radius 3 is 2.76 bits per heavy atom. The van der Waals surface area contributed by atoms with E-state index in [4.69, 9.17) is 5.73 Å². The first-order valence-corrected chi connectivity index (χ1v) is 8.16. The van der Waals surface area contributed by atoms with E-state index in [0.717, 1.165) is 13.1 Å². The van der Waals surface area contributed by atoms with Crippen molar-refractivity contribution in [2.24, 2.45) is 11.7 Å². The van der Waals surface area contributed by atoms with Gasteiger partial charge in [0.2, 0.25) is 0 Å². The van der Waals surface area contributed by atoms with Gasteiger partial charge in [-0.3, -0.25) is 4.90 Å². The molecule has 3 atom stereocenters. The Labute approximate surface area is 127 Å². The monoisotopic (exact) mass is 282 g/mol. The smallest absolute Gasteiger partial charge is 0.0329 e. The van der Waals surface area contributed by atoms with Crippen molar-refractivity contribution in [1.29, 1.82) is 0 Å². The highest BCUT2D eigenvalue weighted by Crippen LogP contribution is 2.34. The molecular formula is C19H26N2. The van der Waals surface area contributed by atoms with Crippen molar-refractivity contribution in [3.05, 3.63) is 48.0 Å². The third-order valence-electron chi connectivity index (χ3n) is 5.17. The maximum atomic E-state index is 6.07. The van der Waals surface area contributed by atoms with Gasteiger partial charge < -0.3 is 5.73 Å². The third kappa shape index (κ3) is 2.70. The SMILES string of the molecule is CC1CCCN(C(C)c2cccc3ccccc23)C1CN. The number of rotatable bonds is 3. The maximum absolute atomic E-state index is 6.07. The molecule has 0 bridgehead atoms. The minimum atomic E-state index is 0.424. The average Bonchev–Trinajstić information content (AvgIpc) is 2.53. The van der Waals surface area contributed by atoms with Crippen LogP contribution in [0.25, 0.3) is 10.8 Å². The van der Waals surface area contributed by atoms with E-state index in [1.54, 1.807) is 0 Å². The lowest BCUT2D eigenvalue weighted by Crippen LogP contribution is -2.49. The molecule has 2 aromatic rings. The molecule has 21 heavy (non-hydrogen) atoms. The molecule has 1 aliphatic heterocycles. The molecule has 0 aromatic heterocycles. The molecule has 0 aliphatic carbocycles. The molecule has 1 saturated heterocycles. The zero-order valence-corrected chi connectivity index (χ0v) is 13.1. The molecule has 2 N–H and O–H groups in total. The second kappa shape index (κ2) is 6.17. The molecule has 2 nitrogen and oxygen atoms in total. The lowest BCUT2D eigenvalue weighted by atomic mass is 9.88. The molecule has 1 aliphatic rings. The van der Waals surface area contributed by atoms with Crippen molar-refractivity contribution < 1.29 is 0 Å². The lowest BCUT2D eigenvalue weighted by Gasteiger charge is -2.43. The zero-order chi connectivity index (χ0) is 14.8. The number of hydrogen-bond donors (Lipinski definition) is 1. The summed E-state index contributed by atoms with van der Waals surface area (Å²) < 4.78 is 0. The summed E-state index contributed by atoms with van der Waals surface area (Å²) in [6, 6.07) is 16.3. The van der Waals surface area contributed by atoms with Crippen molar-refractivity contribution >= 4 is 10.8 Å².